The van der Waals surface area contributed by atoms with Gasteiger partial charge in [-0.2, -0.15) is 5.26 Å². The quantitative estimate of drug-likeness (QED) is 0.582. The normalized spacial score (nSPS) is 11.6. The summed E-state index contributed by atoms with van der Waals surface area (Å²) < 4.78 is 28.9. The second-order valence-electron chi connectivity index (χ2n) is 3.60. The average molecular weight is 265 g/mol. The van der Waals surface area contributed by atoms with Gasteiger partial charge in [-0.1, -0.05) is 12.2 Å². The first-order valence-corrected chi connectivity index (χ1v) is 7.17. The molecule has 1 rings (SSSR count). The minimum absolute atomic E-state index is 0.0591. The number of hydrogen-bond donors (Lipinski definition) is 0. The zero-order chi connectivity index (χ0) is 13.4. The fourth-order valence-corrected chi connectivity index (χ4v) is 2.39. The van der Waals surface area contributed by atoms with Crippen LogP contribution in [0, 0.1) is 11.3 Å². The van der Waals surface area contributed by atoms with Gasteiger partial charge < -0.3 is 4.74 Å². The van der Waals surface area contributed by atoms with Crippen molar-refractivity contribution in [1.29, 1.82) is 5.26 Å². The number of allylic oxidation sites excluding steroid dienone is 1. The molecule has 1 aromatic carbocycles. The Morgan fingerprint density at radius 1 is 1.33 bits per heavy atom. The zero-order valence-corrected chi connectivity index (χ0v) is 11.0. The van der Waals surface area contributed by atoms with Crippen molar-refractivity contribution in [3.8, 4) is 6.07 Å². The van der Waals surface area contributed by atoms with Crippen LogP contribution in [0.15, 0.2) is 41.3 Å². The molecule has 0 radical (unpaired) electrons. The summed E-state index contributed by atoms with van der Waals surface area (Å²) in [6, 6.07) is 7.82. The molecule has 0 fully saturated rings. The Balaban J connectivity index is 2.60. The summed E-state index contributed by atoms with van der Waals surface area (Å²) in [5.74, 6) is -0.0591. The molecule has 0 aliphatic rings. The maximum Gasteiger partial charge on any atom is 0.180 e. The first-order chi connectivity index (χ1) is 8.60. The molecule has 0 bridgehead atoms. The molecule has 0 saturated heterocycles. The van der Waals surface area contributed by atoms with E-state index in [0.717, 1.165) is 0 Å². The Labute approximate surface area is 107 Å². The van der Waals surface area contributed by atoms with E-state index < -0.39 is 9.84 Å². The minimum Gasteiger partial charge on any atom is -0.376 e. The van der Waals surface area contributed by atoms with Crippen LogP contribution in [-0.2, 0) is 14.6 Å². The first kappa shape index (κ1) is 14.4. The molecule has 0 heterocycles. The van der Waals surface area contributed by atoms with Crippen molar-refractivity contribution in [2.24, 2.45) is 0 Å². The standard InChI is InChI=1S/C13H15NO3S/c1-2-3-8-17-9-10-18(15,16)13-6-4-12(11-14)5-7-13/h2-7H,8-10H2,1H3/b3-2+. The summed E-state index contributed by atoms with van der Waals surface area (Å²) in [4.78, 5) is 0.219. The van der Waals surface area contributed by atoms with Gasteiger partial charge in [-0.25, -0.2) is 8.42 Å². The molecule has 5 heteroatoms. The van der Waals surface area contributed by atoms with E-state index in [1.54, 1.807) is 0 Å². The third-order valence-electron chi connectivity index (χ3n) is 2.29. The highest BCUT2D eigenvalue weighted by Crippen LogP contribution is 2.12. The summed E-state index contributed by atoms with van der Waals surface area (Å²) in [5.41, 5.74) is 0.443. The third kappa shape index (κ3) is 4.32. The topological polar surface area (TPSA) is 67.2 Å². The van der Waals surface area contributed by atoms with Crippen LogP contribution in [0.5, 0.6) is 0 Å². The van der Waals surface area contributed by atoms with Gasteiger partial charge in [0.2, 0.25) is 0 Å². The second kappa shape index (κ2) is 6.94. The maximum absolute atomic E-state index is 11.9. The lowest BCUT2D eigenvalue weighted by Crippen LogP contribution is -2.12. The Bertz CT molecular complexity index is 539. The van der Waals surface area contributed by atoms with E-state index in [-0.39, 0.29) is 17.3 Å². The molecule has 0 aliphatic carbocycles. The van der Waals surface area contributed by atoms with E-state index in [9.17, 15) is 8.42 Å². The van der Waals surface area contributed by atoms with Crippen LogP contribution < -0.4 is 0 Å². The third-order valence-corrected chi connectivity index (χ3v) is 3.98. The van der Waals surface area contributed by atoms with Crippen LogP contribution in [0.25, 0.3) is 0 Å². The van der Waals surface area contributed by atoms with Crippen molar-refractivity contribution in [3.63, 3.8) is 0 Å². The molecular weight excluding hydrogens is 250 g/mol. The van der Waals surface area contributed by atoms with Crippen molar-refractivity contribution in [2.45, 2.75) is 11.8 Å². The van der Waals surface area contributed by atoms with Crippen LogP contribution >= 0.6 is 0 Å². The lowest BCUT2D eigenvalue weighted by atomic mass is 10.2. The minimum atomic E-state index is -3.33. The van der Waals surface area contributed by atoms with Gasteiger partial charge in [0.25, 0.3) is 0 Å². The van der Waals surface area contributed by atoms with Crippen LogP contribution in [0.2, 0.25) is 0 Å². The van der Waals surface area contributed by atoms with Gasteiger partial charge >= 0.3 is 0 Å². The highest BCUT2D eigenvalue weighted by Gasteiger charge is 2.13. The van der Waals surface area contributed by atoms with Gasteiger partial charge in [-0.05, 0) is 31.2 Å². The van der Waals surface area contributed by atoms with Crippen molar-refractivity contribution >= 4 is 9.84 Å². The Kier molecular flexibility index (Phi) is 5.56. The van der Waals surface area contributed by atoms with E-state index in [4.69, 9.17) is 10.00 Å². The highest BCUT2D eigenvalue weighted by molar-refractivity contribution is 7.91. The smallest absolute Gasteiger partial charge is 0.180 e. The molecule has 0 atom stereocenters. The fraction of sp³-hybridized carbons (Fsp3) is 0.308. The molecule has 0 saturated carbocycles. The van der Waals surface area contributed by atoms with Gasteiger partial charge in [0.15, 0.2) is 9.84 Å². The van der Waals surface area contributed by atoms with Gasteiger partial charge in [-0.3, -0.25) is 0 Å². The summed E-state index contributed by atoms with van der Waals surface area (Å²) in [6.45, 7) is 2.45. The van der Waals surface area contributed by atoms with Crippen LogP contribution in [0.3, 0.4) is 0 Å². The Morgan fingerprint density at radius 2 is 2.00 bits per heavy atom. The molecule has 0 N–H and O–H groups in total. The number of ether oxygens (including phenoxy) is 1. The number of hydrogen-bond acceptors (Lipinski definition) is 4. The van der Waals surface area contributed by atoms with Crippen molar-refractivity contribution in [2.75, 3.05) is 19.0 Å². The second-order valence-corrected chi connectivity index (χ2v) is 5.71. The number of nitrogens with zero attached hydrogens (tertiary/aromatic N) is 1. The molecule has 0 aromatic heterocycles. The Hall–Kier alpha value is -1.64. The van der Waals surface area contributed by atoms with E-state index in [1.165, 1.54) is 24.3 Å². The number of sulfone groups is 1. The summed E-state index contributed by atoms with van der Waals surface area (Å²) in [6.07, 6.45) is 3.66. The number of rotatable bonds is 6. The summed E-state index contributed by atoms with van der Waals surface area (Å²) in [5, 5.41) is 8.63. The van der Waals surface area contributed by atoms with Gasteiger partial charge in [0.1, 0.15) is 0 Å². The van der Waals surface area contributed by atoms with E-state index in [0.29, 0.717) is 12.2 Å². The molecule has 0 amide bonds. The number of benzene rings is 1. The maximum atomic E-state index is 11.9. The van der Waals surface area contributed by atoms with E-state index in [2.05, 4.69) is 0 Å². The zero-order valence-electron chi connectivity index (χ0n) is 10.2. The molecule has 0 spiro atoms. The molecule has 96 valence electrons. The highest BCUT2D eigenvalue weighted by atomic mass is 32.2. The Morgan fingerprint density at radius 3 is 2.56 bits per heavy atom. The van der Waals surface area contributed by atoms with Crippen LogP contribution in [-0.4, -0.2) is 27.4 Å². The van der Waals surface area contributed by atoms with Gasteiger partial charge in [0.05, 0.1) is 35.5 Å². The fourth-order valence-electron chi connectivity index (χ4n) is 1.27. The van der Waals surface area contributed by atoms with Crippen molar-refractivity contribution in [1.82, 2.24) is 0 Å². The predicted molar refractivity (Wildman–Crippen MR) is 68.8 cm³/mol. The average Bonchev–Trinajstić information content (AvgIpc) is 2.38. The monoisotopic (exact) mass is 265 g/mol. The molecular formula is C13H15NO3S. The molecule has 18 heavy (non-hydrogen) atoms. The molecule has 0 unspecified atom stereocenters. The van der Waals surface area contributed by atoms with Crippen LogP contribution in [0.4, 0.5) is 0 Å². The van der Waals surface area contributed by atoms with Crippen LogP contribution in [0.1, 0.15) is 12.5 Å². The summed E-state index contributed by atoms with van der Waals surface area (Å²) >= 11 is 0. The molecule has 4 nitrogen and oxygen atoms in total. The SMILES string of the molecule is C/C=C/COCCS(=O)(=O)c1ccc(C#N)cc1. The number of nitriles is 1. The largest absolute Gasteiger partial charge is 0.376 e. The summed E-state index contributed by atoms with van der Waals surface area (Å²) in [7, 11) is -3.33. The van der Waals surface area contributed by atoms with Crippen molar-refractivity contribution < 1.29 is 13.2 Å². The van der Waals surface area contributed by atoms with Gasteiger partial charge in [-0.15, -0.1) is 0 Å². The van der Waals surface area contributed by atoms with E-state index >= 15 is 0 Å². The molecule has 1 aromatic rings. The molecule has 0 aliphatic heterocycles. The van der Waals surface area contributed by atoms with E-state index in [1.807, 2.05) is 25.1 Å². The lowest BCUT2D eigenvalue weighted by Gasteiger charge is -2.04. The van der Waals surface area contributed by atoms with Gasteiger partial charge in [0, 0.05) is 0 Å². The first-order valence-electron chi connectivity index (χ1n) is 5.52. The lowest BCUT2D eigenvalue weighted by molar-refractivity contribution is 0.179. The predicted octanol–water partition coefficient (Wildman–Crippen LogP) is 1.92. The van der Waals surface area contributed by atoms with Crippen molar-refractivity contribution in [3.05, 3.63) is 42.0 Å².